The van der Waals surface area contributed by atoms with Crippen LogP contribution in [0.25, 0.3) is 10.2 Å². The van der Waals surface area contributed by atoms with E-state index in [0.29, 0.717) is 22.8 Å². The smallest absolute Gasteiger partial charge is 0.315 e. The van der Waals surface area contributed by atoms with E-state index in [0.717, 1.165) is 10.2 Å². The Labute approximate surface area is 134 Å². The molecular formula is C16H12N2O4S. The number of fused-ring (bicyclic) bond motifs is 2. The van der Waals surface area contributed by atoms with Crippen LogP contribution in [0.2, 0.25) is 0 Å². The molecule has 0 atom stereocenters. The predicted molar refractivity (Wildman–Crippen MR) is 84.7 cm³/mol. The summed E-state index contributed by atoms with van der Waals surface area (Å²) >= 11 is 1.41. The minimum atomic E-state index is -0.417. The number of carbonyl (C=O) groups excluding carboxylic acids is 1. The zero-order valence-electron chi connectivity index (χ0n) is 12.0. The van der Waals surface area contributed by atoms with Crippen molar-refractivity contribution in [3.8, 4) is 11.5 Å². The van der Waals surface area contributed by atoms with Gasteiger partial charge in [0.1, 0.15) is 0 Å². The number of hydrogen-bond acceptors (Lipinski definition) is 5. The fraction of sp³-hybridized carbons (Fsp3) is 0.125. The molecule has 1 aliphatic heterocycles. The summed E-state index contributed by atoms with van der Waals surface area (Å²) in [6.07, 6.45) is 3.21. The van der Waals surface area contributed by atoms with Gasteiger partial charge in [0.05, 0.1) is 16.5 Å². The number of thiazole rings is 1. The second-order valence-electron chi connectivity index (χ2n) is 4.85. The summed E-state index contributed by atoms with van der Waals surface area (Å²) < 4.78 is 18.8. The van der Waals surface area contributed by atoms with Crippen LogP contribution in [0.5, 0.6) is 11.5 Å². The van der Waals surface area contributed by atoms with E-state index >= 15 is 0 Å². The van der Waals surface area contributed by atoms with Crippen molar-refractivity contribution < 1.29 is 18.7 Å². The number of furan rings is 1. The summed E-state index contributed by atoms with van der Waals surface area (Å²) in [5.41, 5.74) is 0.921. The lowest BCUT2D eigenvalue weighted by atomic mass is 10.3. The summed E-state index contributed by atoms with van der Waals surface area (Å²) in [6, 6.07) is 7.05. The summed E-state index contributed by atoms with van der Waals surface area (Å²) in [5.74, 6) is 1.19. The Kier molecular flexibility index (Phi) is 3.27. The van der Waals surface area contributed by atoms with Crippen molar-refractivity contribution in [3.63, 3.8) is 0 Å². The van der Waals surface area contributed by atoms with Gasteiger partial charge >= 0.3 is 5.91 Å². The van der Waals surface area contributed by atoms with Gasteiger partial charge in [-0.2, -0.15) is 4.99 Å². The molecule has 0 radical (unpaired) electrons. The Balaban J connectivity index is 1.90. The largest absolute Gasteiger partial charge is 0.459 e. The Morgan fingerprint density at radius 1 is 1.39 bits per heavy atom. The normalized spacial score (nSPS) is 13.7. The van der Waals surface area contributed by atoms with Gasteiger partial charge in [0.25, 0.3) is 0 Å². The fourth-order valence-corrected chi connectivity index (χ4v) is 3.44. The first-order chi connectivity index (χ1) is 11.3. The highest BCUT2D eigenvalue weighted by atomic mass is 32.1. The minimum Gasteiger partial charge on any atom is -0.459 e. The molecule has 1 aliphatic rings. The minimum absolute atomic E-state index is 0.210. The first-order valence-electron chi connectivity index (χ1n) is 6.92. The topological polar surface area (TPSA) is 66.0 Å². The maximum atomic E-state index is 12.2. The van der Waals surface area contributed by atoms with Crippen LogP contribution in [0.1, 0.15) is 10.6 Å². The molecule has 2 aromatic heterocycles. The van der Waals surface area contributed by atoms with Crippen molar-refractivity contribution in [3.05, 3.63) is 53.7 Å². The standard InChI is InChI=1S/C16H12N2O4S/c1-2-5-18-10-7-12-13(22-9-21-12)8-14(10)23-16(18)17-15(19)11-4-3-6-20-11/h2-4,6-8H,1,5,9H2. The van der Waals surface area contributed by atoms with E-state index in [-0.39, 0.29) is 12.6 Å². The van der Waals surface area contributed by atoms with E-state index in [1.54, 1.807) is 18.2 Å². The average molecular weight is 328 g/mol. The molecule has 1 aromatic carbocycles. The number of hydrogen-bond donors (Lipinski definition) is 0. The molecule has 3 heterocycles. The molecule has 0 fully saturated rings. The van der Waals surface area contributed by atoms with Crippen LogP contribution < -0.4 is 14.3 Å². The van der Waals surface area contributed by atoms with Gasteiger partial charge < -0.3 is 18.5 Å². The van der Waals surface area contributed by atoms with Crippen LogP contribution in [0, 0.1) is 0 Å². The van der Waals surface area contributed by atoms with Gasteiger partial charge in [-0.15, -0.1) is 6.58 Å². The lowest BCUT2D eigenvalue weighted by Crippen LogP contribution is -2.16. The maximum absolute atomic E-state index is 12.2. The quantitative estimate of drug-likeness (QED) is 0.693. The second kappa shape index (κ2) is 5.44. The summed E-state index contributed by atoms with van der Waals surface area (Å²) in [7, 11) is 0. The molecule has 0 saturated carbocycles. The molecule has 0 bridgehead atoms. The van der Waals surface area contributed by atoms with Crippen LogP contribution >= 0.6 is 11.3 Å². The number of benzene rings is 1. The average Bonchev–Trinajstić information content (AvgIpc) is 3.26. The van der Waals surface area contributed by atoms with Gasteiger partial charge in [0.2, 0.25) is 6.79 Å². The van der Waals surface area contributed by atoms with Crippen molar-refractivity contribution in [1.82, 2.24) is 4.57 Å². The lowest BCUT2D eigenvalue weighted by Gasteiger charge is -2.02. The third-order valence-corrected chi connectivity index (χ3v) is 4.46. The van der Waals surface area contributed by atoms with E-state index < -0.39 is 5.91 Å². The molecule has 6 nitrogen and oxygen atoms in total. The van der Waals surface area contributed by atoms with Crippen LogP contribution in [-0.2, 0) is 6.54 Å². The first kappa shape index (κ1) is 13.8. The van der Waals surface area contributed by atoms with E-state index in [1.165, 1.54) is 17.6 Å². The third kappa shape index (κ3) is 2.35. The van der Waals surface area contributed by atoms with E-state index in [1.807, 2.05) is 16.7 Å². The molecular weight excluding hydrogens is 316 g/mol. The molecule has 1 amide bonds. The number of aromatic nitrogens is 1. The SMILES string of the molecule is C=CCn1c(=NC(=O)c2ccco2)sc2cc3c(cc21)OCO3. The van der Waals surface area contributed by atoms with E-state index in [9.17, 15) is 4.79 Å². The molecule has 23 heavy (non-hydrogen) atoms. The highest BCUT2D eigenvalue weighted by Crippen LogP contribution is 2.36. The molecule has 0 unspecified atom stereocenters. The van der Waals surface area contributed by atoms with Crippen LogP contribution in [-0.4, -0.2) is 17.3 Å². The van der Waals surface area contributed by atoms with Crippen molar-refractivity contribution in [2.75, 3.05) is 6.79 Å². The molecule has 7 heteroatoms. The summed E-state index contributed by atoms with van der Waals surface area (Å²) in [6.45, 7) is 4.52. The Morgan fingerprint density at radius 2 is 2.22 bits per heavy atom. The van der Waals surface area contributed by atoms with Gasteiger partial charge in [-0.3, -0.25) is 4.79 Å². The Hall–Kier alpha value is -2.80. The van der Waals surface area contributed by atoms with Crippen molar-refractivity contribution >= 4 is 27.5 Å². The molecule has 4 rings (SSSR count). The van der Waals surface area contributed by atoms with Gasteiger partial charge in [-0.1, -0.05) is 17.4 Å². The number of allylic oxidation sites excluding steroid dienone is 1. The zero-order valence-corrected chi connectivity index (χ0v) is 12.8. The molecule has 0 saturated heterocycles. The molecule has 0 spiro atoms. The maximum Gasteiger partial charge on any atom is 0.315 e. The third-order valence-electron chi connectivity index (χ3n) is 3.42. The van der Waals surface area contributed by atoms with Crippen molar-refractivity contribution in [1.29, 1.82) is 0 Å². The molecule has 3 aromatic rings. The summed E-state index contributed by atoms with van der Waals surface area (Å²) in [5, 5.41) is 0. The van der Waals surface area contributed by atoms with Crippen LogP contribution in [0.3, 0.4) is 0 Å². The number of ether oxygens (including phenoxy) is 2. The zero-order chi connectivity index (χ0) is 15.8. The van der Waals surface area contributed by atoms with E-state index in [4.69, 9.17) is 13.9 Å². The lowest BCUT2D eigenvalue weighted by molar-refractivity contribution is 0.0971. The number of carbonyl (C=O) groups is 1. The van der Waals surface area contributed by atoms with E-state index in [2.05, 4.69) is 11.6 Å². The summed E-state index contributed by atoms with van der Waals surface area (Å²) in [4.78, 5) is 16.9. The predicted octanol–water partition coefficient (Wildman–Crippen LogP) is 2.95. The Bertz CT molecular complexity index is 966. The fourth-order valence-electron chi connectivity index (χ4n) is 2.39. The highest BCUT2D eigenvalue weighted by Gasteiger charge is 2.18. The monoisotopic (exact) mass is 328 g/mol. The second-order valence-corrected chi connectivity index (χ2v) is 5.86. The highest BCUT2D eigenvalue weighted by molar-refractivity contribution is 7.16. The van der Waals surface area contributed by atoms with Crippen LogP contribution in [0.4, 0.5) is 0 Å². The molecule has 116 valence electrons. The number of amides is 1. The Morgan fingerprint density at radius 3 is 2.96 bits per heavy atom. The van der Waals surface area contributed by atoms with Gasteiger partial charge in [0, 0.05) is 18.7 Å². The molecule has 0 aliphatic carbocycles. The first-order valence-corrected chi connectivity index (χ1v) is 7.74. The van der Waals surface area contributed by atoms with Crippen molar-refractivity contribution in [2.45, 2.75) is 6.54 Å². The van der Waals surface area contributed by atoms with Gasteiger partial charge in [-0.25, -0.2) is 0 Å². The van der Waals surface area contributed by atoms with Gasteiger partial charge in [0.15, 0.2) is 22.1 Å². The molecule has 0 N–H and O–H groups in total. The number of rotatable bonds is 3. The number of nitrogens with zero attached hydrogens (tertiary/aromatic N) is 2. The van der Waals surface area contributed by atoms with Crippen molar-refractivity contribution in [2.24, 2.45) is 4.99 Å². The van der Waals surface area contributed by atoms with Gasteiger partial charge in [-0.05, 0) is 12.1 Å². The van der Waals surface area contributed by atoms with Crippen LogP contribution in [0.15, 0.2) is 52.6 Å².